The number of amides is 1. The lowest BCUT2D eigenvalue weighted by Gasteiger charge is -2.34. The number of para-hydroxylation sites is 1. The lowest BCUT2D eigenvalue weighted by molar-refractivity contribution is -0.130. The molecule has 7 heteroatoms. The van der Waals surface area contributed by atoms with Gasteiger partial charge in [-0.25, -0.2) is 4.98 Å². The van der Waals surface area contributed by atoms with E-state index in [0.717, 1.165) is 47.1 Å². The largest absolute Gasteiger partial charge is 0.345 e. The first kappa shape index (κ1) is 18.6. The van der Waals surface area contributed by atoms with Crippen molar-refractivity contribution in [3.63, 3.8) is 0 Å². The van der Waals surface area contributed by atoms with Crippen molar-refractivity contribution in [1.82, 2.24) is 9.88 Å². The van der Waals surface area contributed by atoms with Crippen molar-refractivity contribution in [2.75, 3.05) is 37.3 Å². The van der Waals surface area contributed by atoms with Crippen molar-refractivity contribution in [2.24, 2.45) is 0 Å². The minimum absolute atomic E-state index is 0.193. The zero-order chi connectivity index (χ0) is 18.8. The highest BCUT2D eigenvalue weighted by Crippen LogP contribution is 2.33. The van der Waals surface area contributed by atoms with Crippen LogP contribution in [0.25, 0.3) is 10.2 Å². The Morgan fingerprint density at radius 1 is 1.15 bits per heavy atom. The summed E-state index contributed by atoms with van der Waals surface area (Å²) in [4.78, 5) is 22.7. The number of carbonyl (C=O) groups excluding carboxylic acids is 1. The number of thioether (sulfide) groups is 1. The fourth-order valence-electron chi connectivity index (χ4n) is 3.22. The topological polar surface area (TPSA) is 36.4 Å². The number of thiazole rings is 1. The van der Waals surface area contributed by atoms with E-state index in [9.17, 15) is 4.79 Å². The second-order valence-corrected chi connectivity index (χ2v) is 8.77. The second kappa shape index (κ2) is 8.09. The molecule has 0 bridgehead atoms. The van der Waals surface area contributed by atoms with Crippen molar-refractivity contribution < 1.29 is 4.79 Å². The molecule has 1 aliphatic rings. The minimum atomic E-state index is 0.193. The van der Waals surface area contributed by atoms with Gasteiger partial charge in [0.25, 0.3) is 0 Å². The van der Waals surface area contributed by atoms with Gasteiger partial charge in [0.15, 0.2) is 5.13 Å². The van der Waals surface area contributed by atoms with Crippen LogP contribution in [0.4, 0.5) is 5.13 Å². The highest BCUT2D eigenvalue weighted by molar-refractivity contribution is 7.98. The molecule has 4 rings (SSSR count). The molecule has 0 unspecified atom stereocenters. The fourth-order valence-corrected chi connectivity index (χ4v) is 4.94. The molecule has 0 saturated carbocycles. The van der Waals surface area contributed by atoms with Crippen molar-refractivity contribution in [1.29, 1.82) is 0 Å². The van der Waals surface area contributed by atoms with Gasteiger partial charge in [-0.2, -0.15) is 0 Å². The molecule has 140 valence electrons. The maximum atomic E-state index is 12.6. The number of carbonyl (C=O) groups is 1. The van der Waals surface area contributed by atoms with Gasteiger partial charge in [0.05, 0.1) is 16.1 Å². The number of piperazine rings is 1. The van der Waals surface area contributed by atoms with E-state index in [1.54, 1.807) is 23.1 Å². The van der Waals surface area contributed by atoms with Gasteiger partial charge in [0.1, 0.15) is 5.52 Å². The number of fused-ring (bicyclic) bond motifs is 1. The first-order valence-corrected chi connectivity index (χ1v) is 11.3. The van der Waals surface area contributed by atoms with Crippen molar-refractivity contribution >= 4 is 56.0 Å². The molecule has 0 aliphatic carbocycles. The molecule has 0 N–H and O–H groups in total. The van der Waals surface area contributed by atoms with E-state index < -0.39 is 0 Å². The summed E-state index contributed by atoms with van der Waals surface area (Å²) in [5.41, 5.74) is 1.94. The van der Waals surface area contributed by atoms with Gasteiger partial charge in [0.2, 0.25) is 5.91 Å². The minimum Gasteiger partial charge on any atom is -0.345 e. The summed E-state index contributed by atoms with van der Waals surface area (Å²) in [6, 6.07) is 14.1. The Kier molecular flexibility index (Phi) is 5.57. The zero-order valence-corrected chi connectivity index (χ0v) is 17.4. The SMILES string of the molecule is CSc1ccc(CC(=O)N2CCN(c3nc4c(Cl)cccc4s3)CC2)cc1. The Morgan fingerprint density at radius 2 is 1.89 bits per heavy atom. The number of hydrogen-bond donors (Lipinski definition) is 0. The molecular formula is C20H20ClN3OS2. The van der Waals surface area contributed by atoms with E-state index in [1.807, 2.05) is 35.2 Å². The van der Waals surface area contributed by atoms with Gasteiger partial charge in [-0.1, -0.05) is 41.1 Å². The number of aromatic nitrogens is 1. The quantitative estimate of drug-likeness (QED) is 0.583. The summed E-state index contributed by atoms with van der Waals surface area (Å²) in [5.74, 6) is 0.193. The van der Waals surface area contributed by atoms with Gasteiger partial charge in [-0.3, -0.25) is 4.79 Å². The van der Waals surface area contributed by atoms with Crippen LogP contribution in [0.1, 0.15) is 5.56 Å². The molecule has 3 aromatic rings. The average Bonchev–Trinajstić information content (AvgIpc) is 3.14. The first-order valence-electron chi connectivity index (χ1n) is 8.85. The summed E-state index contributed by atoms with van der Waals surface area (Å²) >= 11 is 9.61. The van der Waals surface area contributed by atoms with Gasteiger partial charge in [0, 0.05) is 31.1 Å². The lowest BCUT2D eigenvalue weighted by atomic mass is 10.1. The molecule has 1 aromatic heterocycles. The van der Waals surface area contributed by atoms with Crippen LogP contribution < -0.4 is 4.90 Å². The third-order valence-electron chi connectivity index (χ3n) is 4.78. The van der Waals surface area contributed by atoms with Gasteiger partial charge >= 0.3 is 0 Å². The molecular weight excluding hydrogens is 398 g/mol. The number of anilines is 1. The second-order valence-electron chi connectivity index (χ2n) is 6.48. The monoisotopic (exact) mass is 417 g/mol. The maximum Gasteiger partial charge on any atom is 0.227 e. The molecule has 2 heterocycles. The molecule has 0 atom stereocenters. The number of rotatable bonds is 4. The van der Waals surface area contributed by atoms with Gasteiger partial charge in [-0.05, 0) is 36.1 Å². The number of benzene rings is 2. The Hall–Kier alpha value is -1.76. The smallest absolute Gasteiger partial charge is 0.227 e. The van der Waals surface area contributed by atoms with Crippen LogP contribution in [0.3, 0.4) is 0 Å². The van der Waals surface area contributed by atoms with Crippen molar-refractivity contribution in [2.45, 2.75) is 11.3 Å². The Bertz CT molecular complexity index is 950. The highest BCUT2D eigenvalue weighted by atomic mass is 35.5. The summed E-state index contributed by atoms with van der Waals surface area (Å²) in [6.45, 7) is 3.06. The van der Waals surface area contributed by atoms with E-state index in [0.29, 0.717) is 11.4 Å². The Morgan fingerprint density at radius 3 is 2.56 bits per heavy atom. The average molecular weight is 418 g/mol. The summed E-state index contributed by atoms with van der Waals surface area (Å²) in [7, 11) is 0. The van der Waals surface area contributed by atoms with Crippen molar-refractivity contribution in [3.8, 4) is 0 Å². The Balaban J connectivity index is 1.37. The predicted octanol–water partition coefficient (Wildman–Crippen LogP) is 4.56. The number of halogens is 1. The van der Waals surface area contributed by atoms with Crippen LogP contribution in [0.2, 0.25) is 5.02 Å². The summed E-state index contributed by atoms with van der Waals surface area (Å²) < 4.78 is 1.10. The molecule has 1 fully saturated rings. The van der Waals surface area contributed by atoms with Crippen LogP contribution in [0.5, 0.6) is 0 Å². The third-order valence-corrected chi connectivity index (χ3v) is 6.91. The summed E-state index contributed by atoms with van der Waals surface area (Å²) in [5, 5.41) is 1.68. The van der Waals surface area contributed by atoms with Crippen LogP contribution in [0, 0.1) is 0 Å². The van der Waals surface area contributed by atoms with E-state index in [-0.39, 0.29) is 5.91 Å². The first-order chi connectivity index (χ1) is 13.1. The van der Waals surface area contributed by atoms with Crippen LogP contribution >= 0.6 is 34.7 Å². The predicted molar refractivity (Wildman–Crippen MR) is 115 cm³/mol. The fraction of sp³-hybridized carbons (Fsp3) is 0.300. The lowest BCUT2D eigenvalue weighted by Crippen LogP contribution is -2.49. The molecule has 0 spiro atoms. The third kappa shape index (κ3) is 4.08. The molecule has 4 nitrogen and oxygen atoms in total. The van der Waals surface area contributed by atoms with E-state index >= 15 is 0 Å². The number of hydrogen-bond acceptors (Lipinski definition) is 5. The van der Waals surface area contributed by atoms with Crippen LogP contribution in [0.15, 0.2) is 47.4 Å². The molecule has 1 aliphatic heterocycles. The summed E-state index contributed by atoms with van der Waals surface area (Å²) in [6.07, 6.45) is 2.52. The van der Waals surface area contributed by atoms with Gasteiger partial charge in [-0.15, -0.1) is 11.8 Å². The van der Waals surface area contributed by atoms with Crippen LogP contribution in [-0.2, 0) is 11.2 Å². The van der Waals surface area contributed by atoms with Crippen LogP contribution in [-0.4, -0.2) is 48.2 Å². The standard InChI is InChI=1S/C20H20ClN3OS2/c1-26-15-7-5-14(6-8-15)13-18(25)23-9-11-24(12-10-23)20-22-19-16(21)3-2-4-17(19)27-20/h2-8H,9-13H2,1H3. The van der Waals surface area contributed by atoms with E-state index in [4.69, 9.17) is 16.6 Å². The van der Waals surface area contributed by atoms with E-state index in [1.165, 1.54) is 4.90 Å². The van der Waals surface area contributed by atoms with Gasteiger partial charge < -0.3 is 9.80 Å². The highest BCUT2D eigenvalue weighted by Gasteiger charge is 2.23. The normalized spacial score (nSPS) is 14.7. The Labute approximate surface area is 172 Å². The van der Waals surface area contributed by atoms with E-state index in [2.05, 4.69) is 23.3 Å². The maximum absolute atomic E-state index is 12.6. The zero-order valence-electron chi connectivity index (χ0n) is 15.0. The molecule has 0 radical (unpaired) electrons. The molecule has 2 aromatic carbocycles. The van der Waals surface area contributed by atoms with Crippen molar-refractivity contribution in [3.05, 3.63) is 53.1 Å². The molecule has 27 heavy (non-hydrogen) atoms. The molecule has 1 amide bonds. The number of nitrogens with zero attached hydrogens (tertiary/aromatic N) is 3. The molecule has 1 saturated heterocycles.